The lowest BCUT2D eigenvalue weighted by atomic mass is 10.8. The van der Waals surface area contributed by atoms with Gasteiger partial charge in [-0.3, -0.25) is 0 Å². The van der Waals surface area contributed by atoms with E-state index < -0.39 is 11.4 Å². The van der Waals surface area contributed by atoms with E-state index in [0.717, 1.165) is 4.48 Å². The van der Waals surface area contributed by atoms with Crippen LogP contribution in [0.1, 0.15) is 6.92 Å². The fraction of sp³-hybridized carbons (Fsp3) is 1.00. The van der Waals surface area contributed by atoms with Crippen molar-refractivity contribution >= 4 is 11.4 Å². The Bertz CT molecular complexity index is 105. The Kier molecular flexibility index (Phi) is 8.32. The quantitative estimate of drug-likeness (QED) is 0.452. The fourth-order valence-electron chi connectivity index (χ4n) is 0.0962. The highest BCUT2D eigenvalue weighted by atomic mass is 32.2. The van der Waals surface area contributed by atoms with Gasteiger partial charge in [-0.05, 0) is 6.92 Å². The molecule has 0 rings (SSSR count). The van der Waals surface area contributed by atoms with Crippen LogP contribution in [-0.4, -0.2) is 48.0 Å². The van der Waals surface area contributed by atoms with Crippen molar-refractivity contribution in [2.45, 2.75) is 6.92 Å². The number of rotatable bonds is 2. The van der Waals surface area contributed by atoms with Crippen LogP contribution < -0.4 is 0 Å². The van der Waals surface area contributed by atoms with Crippen molar-refractivity contribution in [1.82, 2.24) is 0 Å². The van der Waals surface area contributed by atoms with Gasteiger partial charge < -0.3 is 13.2 Å². The minimum Gasteiger partial charge on any atom is -0.750 e. The summed E-state index contributed by atoms with van der Waals surface area (Å²) >= 11 is -2.32. The Balaban J connectivity index is 0. The van der Waals surface area contributed by atoms with Gasteiger partial charge in [0.15, 0.2) is 0 Å². The topological polar surface area (TPSA) is 49.4 Å². The van der Waals surface area contributed by atoms with Gasteiger partial charge in [0, 0.05) is 0 Å². The van der Waals surface area contributed by atoms with Gasteiger partial charge in [0.05, 0.1) is 46.2 Å². The molecule has 0 aliphatic rings. The van der Waals surface area contributed by atoms with Gasteiger partial charge in [0.1, 0.15) is 0 Å². The maximum absolute atomic E-state index is 9.38. The molecule has 0 bridgehead atoms. The van der Waals surface area contributed by atoms with E-state index >= 15 is 0 Å². The van der Waals surface area contributed by atoms with Crippen LogP contribution in [0.4, 0.5) is 0 Å². The SMILES string of the molecule is CCOS(=O)[O-].C[N+](C)(C)C. The third-order valence-corrected chi connectivity index (χ3v) is 0.642. The maximum Gasteiger partial charge on any atom is 0.0841 e. The highest BCUT2D eigenvalue weighted by Crippen LogP contribution is 1.73. The Morgan fingerprint density at radius 3 is 1.64 bits per heavy atom. The van der Waals surface area contributed by atoms with Crippen molar-refractivity contribution in [3.8, 4) is 0 Å². The molecular weight excluding hydrogens is 166 g/mol. The van der Waals surface area contributed by atoms with E-state index in [2.05, 4.69) is 32.4 Å². The van der Waals surface area contributed by atoms with Gasteiger partial charge in [0.25, 0.3) is 0 Å². The van der Waals surface area contributed by atoms with Crippen LogP contribution in [0.25, 0.3) is 0 Å². The summed E-state index contributed by atoms with van der Waals surface area (Å²) in [5.74, 6) is 0. The molecular formula is C6H17NO3S. The van der Waals surface area contributed by atoms with Crippen molar-refractivity contribution in [3.05, 3.63) is 0 Å². The van der Waals surface area contributed by atoms with Crippen molar-refractivity contribution < 1.29 is 17.4 Å². The zero-order valence-corrected chi connectivity index (χ0v) is 8.60. The number of quaternary nitrogens is 1. The summed E-state index contributed by atoms with van der Waals surface area (Å²) in [7, 11) is 8.50. The zero-order valence-electron chi connectivity index (χ0n) is 7.79. The summed E-state index contributed by atoms with van der Waals surface area (Å²) in [6, 6.07) is 0. The van der Waals surface area contributed by atoms with Crippen LogP contribution in [0.2, 0.25) is 0 Å². The minimum atomic E-state index is -2.32. The molecule has 0 saturated heterocycles. The van der Waals surface area contributed by atoms with Crippen LogP contribution in [0.5, 0.6) is 0 Å². The molecule has 0 heterocycles. The second kappa shape index (κ2) is 6.72. The van der Waals surface area contributed by atoms with Gasteiger partial charge in [-0.2, -0.15) is 0 Å². The van der Waals surface area contributed by atoms with Crippen molar-refractivity contribution in [1.29, 1.82) is 0 Å². The minimum absolute atomic E-state index is 0.218. The molecule has 70 valence electrons. The smallest absolute Gasteiger partial charge is 0.0841 e. The Hall–Kier alpha value is 0.0300. The Morgan fingerprint density at radius 2 is 1.64 bits per heavy atom. The van der Waals surface area contributed by atoms with E-state index in [1.165, 1.54) is 0 Å². The lowest BCUT2D eigenvalue weighted by Gasteiger charge is -2.14. The van der Waals surface area contributed by atoms with E-state index in [4.69, 9.17) is 0 Å². The second-order valence-corrected chi connectivity index (χ2v) is 3.94. The van der Waals surface area contributed by atoms with Gasteiger partial charge in [-0.1, -0.05) is 0 Å². The Labute approximate surface area is 71.2 Å². The van der Waals surface area contributed by atoms with E-state index in [-0.39, 0.29) is 6.61 Å². The summed E-state index contributed by atoms with van der Waals surface area (Å²) in [5.41, 5.74) is 0. The van der Waals surface area contributed by atoms with E-state index in [1.54, 1.807) is 6.92 Å². The molecule has 0 aromatic carbocycles. The molecule has 0 aromatic rings. The van der Waals surface area contributed by atoms with Crippen molar-refractivity contribution in [2.24, 2.45) is 0 Å². The molecule has 0 saturated carbocycles. The second-order valence-electron chi connectivity index (χ2n) is 3.29. The lowest BCUT2D eigenvalue weighted by Crippen LogP contribution is -2.27. The molecule has 0 aliphatic heterocycles. The van der Waals surface area contributed by atoms with E-state index in [9.17, 15) is 8.76 Å². The molecule has 0 aromatic heterocycles. The third-order valence-electron chi connectivity index (χ3n) is 0.214. The van der Waals surface area contributed by atoms with Crippen LogP contribution in [-0.2, 0) is 15.5 Å². The third kappa shape index (κ3) is 70.4. The average Bonchev–Trinajstić information content (AvgIpc) is 1.58. The molecule has 1 atom stereocenters. The van der Waals surface area contributed by atoms with Crippen LogP contribution in [0, 0.1) is 0 Å². The zero-order chi connectivity index (χ0) is 9.49. The first-order valence-electron chi connectivity index (χ1n) is 3.28. The predicted octanol–water partition coefficient (Wildman–Crippen LogP) is 0.139. The first-order valence-corrected chi connectivity index (χ1v) is 4.28. The van der Waals surface area contributed by atoms with Crippen molar-refractivity contribution in [2.75, 3.05) is 34.8 Å². The van der Waals surface area contributed by atoms with Crippen molar-refractivity contribution in [3.63, 3.8) is 0 Å². The molecule has 1 unspecified atom stereocenters. The number of hydrogen-bond donors (Lipinski definition) is 0. The largest absolute Gasteiger partial charge is 0.750 e. The molecule has 0 aliphatic carbocycles. The molecule has 11 heavy (non-hydrogen) atoms. The number of hydrogen-bond acceptors (Lipinski definition) is 3. The predicted molar refractivity (Wildman–Crippen MR) is 44.5 cm³/mol. The van der Waals surface area contributed by atoms with E-state index in [0.29, 0.717) is 0 Å². The molecule has 4 nitrogen and oxygen atoms in total. The summed E-state index contributed by atoms with van der Waals surface area (Å²) in [6.07, 6.45) is 0. The van der Waals surface area contributed by atoms with Gasteiger partial charge in [0.2, 0.25) is 0 Å². The highest BCUT2D eigenvalue weighted by Gasteiger charge is 1.88. The Morgan fingerprint density at radius 1 is 1.36 bits per heavy atom. The molecule has 0 spiro atoms. The molecule has 0 radical (unpaired) electrons. The molecule has 0 amide bonds. The average molecular weight is 183 g/mol. The molecule has 5 heteroatoms. The van der Waals surface area contributed by atoms with Crippen LogP contribution in [0.3, 0.4) is 0 Å². The normalized spacial score (nSPS) is 13.3. The summed E-state index contributed by atoms with van der Waals surface area (Å²) in [5, 5.41) is 0. The van der Waals surface area contributed by atoms with Crippen LogP contribution in [0.15, 0.2) is 0 Å². The summed E-state index contributed by atoms with van der Waals surface area (Å²) in [6.45, 7) is 1.83. The van der Waals surface area contributed by atoms with Gasteiger partial charge in [-0.25, -0.2) is 4.21 Å². The summed E-state index contributed by atoms with van der Waals surface area (Å²) in [4.78, 5) is 0. The van der Waals surface area contributed by atoms with Gasteiger partial charge >= 0.3 is 0 Å². The number of nitrogens with zero attached hydrogens (tertiary/aromatic N) is 1. The highest BCUT2D eigenvalue weighted by molar-refractivity contribution is 7.74. The first-order chi connectivity index (χ1) is 4.77. The maximum atomic E-state index is 9.38. The lowest BCUT2D eigenvalue weighted by molar-refractivity contribution is -0.849. The molecule has 0 N–H and O–H groups in total. The standard InChI is InChI=1S/C4H12N.C2H6O3S/c1-5(2,3)4;1-2-5-6(3)4/h1-4H3;2H2,1H3,(H,3,4)/q+1;/p-1. The van der Waals surface area contributed by atoms with Gasteiger partial charge in [-0.15, -0.1) is 0 Å². The summed E-state index contributed by atoms with van der Waals surface area (Å²) < 4.78 is 23.7. The fourth-order valence-corrected chi connectivity index (χ4v) is 0.289. The van der Waals surface area contributed by atoms with E-state index in [1.807, 2.05) is 0 Å². The molecule has 0 fully saturated rings. The van der Waals surface area contributed by atoms with Crippen LogP contribution >= 0.6 is 0 Å². The monoisotopic (exact) mass is 183 g/mol. The first kappa shape index (κ1) is 13.6.